The molecule has 0 aromatic heterocycles. The number of carboxylic acid groups (broad SMARTS) is 1. The van der Waals surface area contributed by atoms with E-state index in [2.05, 4.69) is 5.32 Å². The van der Waals surface area contributed by atoms with Crippen molar-refractivity contribution in [1.82, 2.24) is 5.32 Å². The summed E-state index contributed by atoms with van der Waals surface area (Å²) in [6.45, 7) is 3.93. The molecule has 5 nitrogen and oxygen atoms in total. The summed E-state index contributed by atoms with van der Waals surface area (Å²) >= 11 is 0. The van der Waals surface area contributed by atoms with Gasteiger partial charge in [0.1, 0.15) is 6.10 Å². The van der Waals surface area contributed by atoms with Crippen LogP contribution in [0.5, 0.6) is 0 Å². The smallest absolute Gasteiger partial charge is 0.405 e. The predicted molar refractivity (Wildman–Crippen MR) is 65.2 cm³/mol. The van der Waals surface area contributed by atoms with Gasteiger partial charge >= 0.3 is 6.09 Å². The first kappa shape index (κ1) is 12.9. The lowest BCUT2D eigenvalue weighted by Crippen LogP contribution is -2.51. The summed E-state index contributed by atoms with van der Waals surface area (Å²) in [5.74, 6) is -0.711. The van der Waals surface area contributed by atoms with Crippen LogP contribution in [0.4, 0.5) is 4.79 Å². The largest absolute Gasteiger partial charge is 0.465 e. The Kier molecular flexibility index (Phi) is 3.54. The van der Waals surface area contributed by atoms with E-state index in [9.17, 15) is 4.79 Å². The minimum Gasteiger partial charge on any atom is -0.465 e. The Labute approximate surface area is 106 Å². The first-order valence-electron chi connectivity index (χ1n) is 5.84. The molecule has 1 amide bonds. The van der Waals surface area contributed by atoms with E-state index in [1.807, 2.05) is 44.2 Å². The van der Waals surface area contributed by atoms with Crippen molar-refractivity contribution in [2.45, 2.75) is 31.8 Å². The minimum absolute atomic E-state index is 0.291. The molecule has 1 aromatic rings. The monoisotopic (exact) mass is 251 g/mol. The number of carbonyl (C=O) groups is 1. The number of hydrogen-bond donors (Lipinski definition) is 2. The van der Waals surface area contributed by atoms with Crippen LogP contribution in [0.1, 0.15) is 25.5 Å². The van der Waals surface area contributed by atoms with Gasteiger partial charge in [-0.1, -0.05) is 30.3 Å². The Balaban J connectivity index is 2.22. The molecule has 1 fully saturated rings. The Morgan fingerprint density at radius 2 is 2.06 bits per heavy atom. The van der Waals surface area contributed by atoms with Gasteiger partial charge in [0.2, 0.25) is 0 Å². The Morgan fingerprint density at radius 3 is 2.67 bits per heavy atom. The maximum Gasteiger partial charge on any atom is 0.405 e. The molecule has 1 aromatic carbocycles. The summed E-state index contributed by atoms with van der Waals surface area (Å²) in [6, 6.07) is 9.15. The summed E-state index contributed by atoms with van der Waals surface area (Å²) in [5.41, 5.74) is 0.938. The molecule has 5 heteroatoms. The molecule has 98 valence electrons. The summed E-state index contributed by atoms with van der Waals surface area (Å²) in [4.78, 5) is 10.8. The van der Waals surface area contributed by atoms with Gasteiger partial charge in [-0.2, -0.15) is 0 Å². The normalized spacial score (nSPS) is 26.6. The lowest BCUT2D eigenvalue weighted by molar-refractivity contribution is -0.284. The lowest BCUT2D eigenvalue weighted by atomic mass is 10.0. The van der Waals surface area contributed by atoms with Crippen LogP contribution in [0.15, 0.2) is 30.3 Å². The molecular weight excluding hydrogens is 234 g/mol. The maximum absolute atomic E-state index is 10.8. The van der Waals surface area contributed by atoms with Crippen molar-refractivity contribution in [1.29, 1.82) is 0 Å². The fourth-order valence-electron chi connectivity index (χ4n) is 2.02. The zero-order valence-corrected chi connectivity index (χ0v) is 10.4. The Morgan fingerprint density at radius 1 is 1.39 bits per heavy atom. The highest BCUT2D eigenvalue weighted by molar-refractivity contribution is 5.65. The van der Waals surface area contributed by atoms with Gasteiger partial charge in [0.15, 0.2) is 5.79 Å². The van der Waals surface area contributed by atoms with Gasteiger partial charge in [0.25, 0.3) is 0 Å². The number of rotatable bonds is 2. The van der Waals surface area contributed by atoms with Crippen molar-refractivity contribution in [3.05, 3.63) is 35.9 Å². The van der Waals surface area contributed by atoms with Crippen LogP contribution in [-0.2, 0) is 9.47 Å². The molecule has 2 N–H and O–H groups in total. The number of benzene rings is 1. The van der Waals surface area contributed by atoms with Gasteiger partial charge < -0.3 is 19.9 Å². The first-order chi connectivity index (χ1) is 8.48. The second-order valence-electron chi connectivity index (χ2n) is 4.72. The van der Waals surface area contributed by atoms with Gasteiger partial charge in [-0.15, -0.1) is 0 Å². The summed E-state index contributed by atoms with van der Waals surface area (Å²) in [5, 5.41) is 11.3. The molecule has 1 saturated heterocycles. The Bertz CT molecular complexity index is 418. The topological polar surface area (TPSA) is 67.8 Å². The molecule has 0 spiro atoms. The molecule has 0 radical (unpaired) electrons. The molecule has 0 saturated carbocycles. The first-order valence-corrected chi connectivity index (χ1v) is 5.84. The van der Waals surface area contributed by atoms with E-state index in [-0.39, 0.29) is 6.10 Å². The third kappa shape index (κ3) is 3.00. The molecule has 1 heterocycles. The van der Waals surface area contributed by atoms with Crippen molar-refractivity contribution in [2.24, 2.45) is 0 Å². The van der Waals surface area contributed by atoms with E-state index in [1.165, 1.54) is 0 Å². The SMILES string of the molecule is CC1(C)OC[C@H](NC(=O)O)[C@H](c2ccccc2)O1. The minimum atomic E-state index is -1.08. The van der Waals surface area contributed by atoms with Crippen molar-refractivity contribution in [3.63, 3.8) is 0 Å². The van der Waals surface area contributed by atoms with E-state index >= 15 is 0 Å². The second-order valence-corrected chi connectivity index (χ2v) is 4.72. The van der Waals surface area contributed by atoms with Crippen molar-refractivity contribution >= 4 is 6.09 Å². The fourth-order valence-corrected chi connectivity index (χ4v) is 2.02. The third-order valence-corrected chi connectivity index (χ3v) is 2.82. The molecule has 0 bridgehead atoms. The number of nitrogens with one attached hydrogen (secondary N) is 1. The maximum atomic E-state index is 10.8. The molecule has 2 atom stereocenters. The predicted octanol–water partition coefficient (Wildman–Crippen LogP) is 2.15. The van der Waals surface area contributed by atoms with Crippen LogP contribution in [0.2, 0.25) is 0 Å². The average molecular weight is 251 g/mol. The molecule has 1 aliphatic heterocycles. The van der Waals surface area contributed by atoms with Gasteiger partial charge in [0.05, 0.1) is 12.6 Å². The van der Waals surface area contributed by atoms with E-state index in [0.717, 1.165) is 5.56 Å². The number of hydrogen-bond acceptors (Lipinski definition) is 3. The van der Waals surface area contributed by atoms with Gasteiger partial charge in [-0.25, -0.2) is 4.79 Å². The molecule has 1 aliphatic rings. The number of amides is 1. The van der Waals surface area contributed by atoms with E-state index in [1.54, 1.807) is 0 Å². The Hall–Kier alpha value is -1.59. The van der Waals surface area contributed by atoms with Crippen molar-refractivity contribution in [2.75, 3.05) is 6.61 Å². The molecule has 2 rings (SSSR count). The molecule has 18 heavy (non-hydrogen) atoms. The number of ether oxygens (including phenoxy) is 2. The zero-order chi connectivity index (χ0) is 13.2. The quantitative estimate of drug-likeness (QED) is 0.845. The van der Waals surface area contributed by atoms with E-state index in [0.29, 0.717) is 6.61 Å². The van der Waals surface area contributed by atoms with Crippen LogP contribution < -0.4 is 5.32 Å². The van der Waals surface area contributed by atoms with Gasteiger partial charge in [0, 0.05) is 0 Å². The molecule has 0 aliphatic carbocycles. The van der Waals surface area contributed by atoms with Crippen LogP contribution in [0, 0.1) is 0 Å². The standard InChI is InChI=1S/C13H17NO4/c1-13(2)17-8-10(14-12(15)16)11(18-13)9-6-4-3-5-7-9/h3-7,10-11,14H,8H2,1-2H3,(H,15,16)/t10-,11-/m0/s1. The summed E-state index contributed by atoms with van der Waals surface area (Å²) in [7, 11) is 0. The van der Waals surface area contributed by atoms with Crippen LogP contribution in [0.25, 0.3) is 0 Å². The lowest BCUT2D eigenvalue weighted by Gasteiger charge is -2.41. The van der Waals surface area contributed by atoms with Gasteiger partial charge in [-0.05, 0) is 19.4 Å². The van der Waals surface area contributed by atoms with E-state index < -0.39 is 17.9 Å². The highest BCUT2D eigenvalue weighted by Crippen LogP contribution is 2.32. The fraction of sp³-hybridized carbons (Fsp3) is 0.462. The highest BCUT2D eigenvalue weighted by atomic mass is 16.7. The van der Waals surface area contributed by atoms with Crippen molar-refractivity contribution < 1.29 is 19.4 Å². The van der Waals surface area contributed by atoms with Crippen LogP contribution in [-0.4, -0.2) is 29.6 Å². The van der Waals surface area contributed by atoms with E-state index in [4.69, 9.17) is 14.6 Å². The van der Waals surface area contributed by atoms with Crippen molar-refractivity contribution in [3.8, 4) is 0 Å². The second kappa shape index (κ2) is 4.96. The highest BCUT2D eigenvalue weighted by Gasteiger charge is 2.38. The van der Waals surface area contributed by atoms with Crippen LogP contribution >= 0.6 is 0 Å². The average Bonchev–Trinajstić information content (AvgIpc) is 2.32. The van der Waals surface area contributed by atoms with Gasteiger partial charge in [-0.3, -0.25) is 0 Å². The third-order valence-electron chi connectivity index (χ3n) is 2.82. The van der Waals surface area contributed by atoms with Crippen LogP contribution in [0.3, 0.4) is 0 Å². The summed E-state index contributed by atoms with van der Waals surface area (Å²) < 4.78 is 11.3. The molecular formula is C13H17NO4. The summed E-state index contributed by atoms with van der Waals surface area (Å²) in [6.07, 6.45) is -1.42. The molecule has 0 unspecified atom stereocenters. The zero-order valence-electron chi connectivity index (χ0n) is 10.4.